The molecule has 2 heteroatoms. The Morgan fingerprint density at radius 2 is 1.75 bits per heavy atom. The van der Waals surface area contributed by atoms with Gasteiger partial charge in [-0.2, -0.15) is 0 Å². The minimum absolute atomic E-state index is 0.254. The van der Waals surface area contributed by atoms with Crippen molar-refractivity contribution in [3.8, 4) is 0 Å². The molecule has 0 bridgehead atoms. The number of hydrogen-bond acceptors (Lipinski definition) is 2. The van der Waals surface area contributed by atoms with Gasteiger partial charge in [-0.1, -0.05) is 25.1 Å². The number of benzene rings is 1. The molecule has 0 aliphatic carbocycles. The Bertz CT molecular complexity index is 221. The predicted octanol–water partition coefficient (Wildman–Crippen LogP) is 2.55. The summed E-state index contributed by atoms with van der Waals surface area (Å²) in [6.07, 6.45) is -0.254. The summed E-state index contributed by atoms with van der Waals surface area (Å²) >= 11 is 1.70. The van der Waals surface area contributed by atoms with Crippen molar-refractivity contribution in [1.82, 2.24) is 0 Å². The van der Waals surface area contributed by atoms with Crippen LogP contribution >= 0.6 is 11.8 Å². The fraction of sp³-hybridized carbons (Fsp3) is 0.400. The second-order valence-electron chi connectivity index (χ2n) is 2.88. The third kappa shape index (κ3) is 2.88. The zero-order valence-electron chi connectivity index (χ0n) is 7.40. The highest BCUT2D eigenvalue weighted by Gasteiger charge is 2.09. The molecule has 2 atom stereocenters. The molecule has 0 heterocycles. The molecule has 0 aliphatic heterocycles. The molecular weight excluding hydrogens is 168 g/mol. The smallest absolute Gasteiger partial charge is 0.0631 e. The third-order valence-electron chi connectivity index (χ3n) is 1.74. The lowest BCUT2D eigenvalue weighted by Crippen LogP contribution is -2.14. The van der Waals surface area contributed by atoms with E-state index in [2.05, 4.69) is 12.1 Å². The van der Waals surface area contributed by atoms with E-state index in [0.29, 0.717) is 0 Å². The van der Waals surface area contributed by atoms with Crippen molar-refractivity contribution in [2.75, 3.05) is 0 Å². The van der Waals surface area contributed by atoms with Crippen LogP contribution in [0.3, 0.4) is 0 Å². The molecule has 1 aromatic rings. The summed E-state index contributed by atoms with van der Waals surface area (Å²) < 4.78 is 0. The van der Waals surface area contributed by atoms with Gasteiger partial charge in [-0.05, 0) is 19.1 Å². The third-order valence-corrected chi connectivity index (χ3v) is 3.05. The van der Waals surface area contributed by atoms with E-state index in [1.165, 1.54) is 4.90 Å². The van der Waals surface area contributed by atoms with Gasteiger partial charge in [0.2, 0.25) is 0 Å². The summed E-state index contributed by atoms with van der Waals surface area (Å²) in [5.41, 5.74) is 0. The molecule has 0 aromatic heterocycles. The molecule has 0 spiro atoms. The Morgan fingerprint density at radius 1 is 1.17 bits per heavy atom. The number of rotatable bonds is 3. The van der Waals surface area contributed by atoms with Crippen LogP contribution in [-0.2, 0) is 0 Å². The molecular formula is C10H14OS. The Hall–Kier alpha value is -0.470. The van der Waals surface area contributed by atoms with Crippen LogP contribution < -0.4 is 0 Å². The Labute approximate surface area is 77.8 Å². The fourth-order valence-corrected chi connectivity index (χ4v) is 1.75. The van der Waals surface area contributed by atoms with Crippen molar-refractivity contribution in [2.24, 2.45) is 0 Å². The van der Waals surface area contributed by atoms with Crippen LogP contribution in [0.1, 0.15) is 13.8 Å². The van der Waals surface area contributed by atoms with Crippen molar-refractivity contribution >= 4 is 11.8 Å². The van der Waals surface area contributed by atoms with E-state index >= 15 is 0 Å². The molecule has 0 fully saturated rings. The summed E-state index contributed by atoms with van der Waals surface area (Å²) in [5.74, 6) is 0. The average Bonchev–Trinajstić information content (AvgIpc) is 2.06. The van der Waals surface area contributed by atoms with Crippen molar-refractivity contribution in [3.05, 3.63) is 30.3 Å². The standard InChI is InChI=1S/C10H14OS/c1-8(11)9(2)12-10-6-4-3-5-7-10/h3-9,11H,1-2H3. The van der Waals surface area contributed by atoms with Gasteiger partial charge >= 0.3 is 0 Å². The van der Waals surface area contributed by atoms with E-state index in [1.54, 1.807) is 11.8 Å². The quantitative estimate of drug-likeness (QED) is 0.725. The number of aliphatic hydroxyl groups excluding tert-OH is 1. The van der Waals surface area contributed by atoms with Crippen molar-refractivity contribution < 1.29 is 5.11 Å². The molecule has 0 amide bonds. The first-order valence-corrected chi connectivity index (χ1v) is 4.98. The summed E-state index contributed by atoms with van der Waals surface area (Å²) in [7, 11) is 0. The van der Waals surface area contributed by atoms with Gasteiger partial charge in [0.15, 0.2) is 0 Å². The lowest BCUT2D eigenvalue weighted by Gasteiger charge is -2.13. The fourth-order valence-electron chi connectivity index (χ4n) is 0.812. The van der Waals surface area contributed by atoms with Crippen LogP contribution in [0.2, 0.25) is 0 Å². The van der Waals surface area contributed by atoms with Gasteiger partial charge in [-0.25, -0.2) is 0 Å². The second-order valence-corrected chi connectivity index (χ2v) is 4.33. The van der Waals surface area contributed by atoms with Crippen molar-refractivity contribution in [2.45, 2.75) is 30.1 Å². The van der Waals surface area contributed by atoms with E-state index in [0.717, 1.165) is 0 Å². The van der Waals surface area contributed by atoms with Crippen LogP contribution in [0.4, 0.5) is 0 Å². The number of aliphatic hydroxyl groups is 1. The van der Waals surface area contributed by atoms with E-state index in [4.69, 9.17) is 0 Å². The van der Waals surface area contributed by atoms with Crippen LogP contribution in [-0.4, -0.2) is 16.5 Å². The molecule has 1 aromatic carbocycles. The summed E-state index contributed by atoms with van der Waals surface area (Å²) in [6.45, 7) is 3.85. The van der Waals surface area contributed by atoms with Gasteiger partial charge in [-0.15, -0.1) is 11.8 Å². The van der Waals surface area contributed by atoms with Gasteiger partial charge in [0.1, 0.15) is 0 Å². The zero-order chi connectivity index (χ0) is 8.97. The minimum atomic E-state index is -0.254. The van der Waals surface area contributed by atoms with E-state index in [-0.39, 0.29) is 11.4 Å². The predicted molar refractivity (Wildman–Crippen MR) is 53.4 cm³/mol. The highest BCUT2D eigenvalue weighted by Crippen LogP contribution is 2.24. The van der Waals surface area contributed by atoms with E-state index in [9.17, 15) is 5.11 Å². The maximum Gasteiger partial charge on any atom is 0.0631 e. The van der Waals surface area contributed by atoms with Crippen LogP contribution in [0.25, 0.3) is 0 Å². The maximum atomic E-state index is 9.26. The van der Waals surface area contributed by atoms with Gasteiger partial charge in [0, 0.05) is 10.1 Å². The molecule has 1 N–H and O–H groups in total. The molecule has 0 saturated carbocycles. The molecule has 2 unspecified atom stereocenters. The Balaban J connectivity index is 2.53. The first-order valence-electron chi connectivity index (χ1n) is 4.10. The molecule has 0 saturated heterocycles. The summed E-state index contributed by atoms with van der Waals surface area (Å²) in [5, 5.41) is 9.52. The SMILES string of the molecule is CC(O)C(C)Sc1ccccc1. The van der Waals surface area contributed by atoms with Gasteiger partial charge in [0.25, 0.3) is 0 Å². The van der Waals surface area contributed by atoms with E-state index in [1.807, 2.05) is 32.0 Å². The largest absolute Gasteiger partial charge is 0.392 e. The molecule has 1 rings (SSSR count). The molecule has 0 radical (unpaired) electrons. The molecule has 1 nitrogen and oxygen atoms in total. The topological polar surface area (TPSA) is 20.2 Å². The lowest BCUT2D eigenvalue weighted by atomic mass is 10.3. The van der Waals surface area contributed by atoms with Gasteiger partial charge in [-0.3, -0.25) is 0 Å². The van der Waals surface area contributed by atoms with Gasteiger partial charge < -0.3 is 5.11 Å². The summed E-state index contributed by atoms with van der Waals surface area (Å²) in [6, 6.07) is 10.1. The monoisotopic (exact) mass is 182 g/mol. The first kappa shape index (κ1) is 9.62. The number of thioether (sulfide) groups is 1. The Kier molecular flexibility index (Phi) is 3.63. The maximum absolute atomic E-state index is 9.26. The zero-order valence-corrected chi connectivity index (χ0v) is 8.21. The van der Waals surface area contributed by atoms with Crippen molar-refractivity contribution in [1.29, 1.82) is 0 Å². The lowest BCUT2D eigenvalue weighted by molar-refractivity contribution is 0.196. The normalized spacial score (nSPS) is 15.6. The summed E-state index contributed by atoms with van der Waals surface area (Å²) in [4.78, 5) is 1.21. The molecule has 0 aliphatic rings. The van der Waals surface area contributed by atoms with Gasteiger partial charge in [0.05, 0.1) is 6.10 Å². The highest BCUT2D eigenvalue weighted by atomic mass is 32.2. The van der Waals surface area contributed by atoms with Crippen LogP contribution in [0, 0.1) is 0 Å². The van der Waals surface area contributed by atoms with E-state index < -0.39 is 0 Å². The highest BCUT2D eigenvalue weighted by molar-refractivity contribution is 8.00. The van der Waals surface area contributed by atoms with Crippen LogP contribution in [0.15, 0.2) is 35.2 Å². The number of hydrogen-bond donors (Lipinski definition) is 1. The van der Waals surface area contributed by atoms with Crippen LogP contribution in [0.5, 0.6) is 0 Å². The molecule has 66 valence electrons. The second kappa shape index (κ2) is 4.53. The first-order chi connectivity index (χ1) is 5.70. The Morgan fingerprint density at radius 3 is 2.25 bits per heavy atom. The average molecular weight is 182 g/mol. The van der Waals surface area contributed by atoms with Crippen molar-refractivity contribution in [3.63, 3.8) is 0 Å². The minimum Gasteiger partial charge on any atom is -0.392 e. The molecule has 12 heavy (non-hydrogen) atoms.